The molecule has 2 N–H and O–H groups in total. The first-order valence-electron chi connectivity index (χ1n) is 8.82. The summed E-state index contributed by atoms with van der Waals surface area (Å²) in [6, 6.07) is 10.7. The molecule has 26 heavy (non-hydrogen) atoms. The quantitative estimate of drug-likeness (QED) is 0.678. The van der Waals surface area contributed by atoms with Gasteiger partial charge in [0.1, 0.15) is 5.75 Å². The number of pyridine rings is 1. The summed E-state index contributed by atoms with van der Waals surface area (Å²) in [6.45, 7) is 5.49. The van der Waals surface area contributed by atoms with Gasteiger partial charge in [-0.3, -0.25) is 14.6 Å². The van der Waals surface area contributed by atoms with Gasteiger partial charge in [-0.15, -0.1) is 0 Å². The van der Waals surface area contributed by atoms with Crippen molar-refractivity contribution in [2.24, 2.45) is 0 Å². The summed E-state index contributed by atoms with van der Waals surface area (Å²) in [5.74, 6) is 0.379. The van der Waals surface area contributed by atoms with Gasteiger partial charge in [-0.1, -0.05) is 13.0 Å². The van der Waals surface area contributed by atoms with Crippen LogP contribution in [0.1, 0.15) is 46.2 Å². The number of nitrogens with zero attached hydrogens (tertiary/aromatic N) is 1. The molecule has 0 atom stereocenters. The molecule has 0 fully saturated rings. The minimum absolute atomic E-state index is 0.152. The zero-order chi connectivity index (χ0) is 18.8. The lowest BCUT2D eigenvalue weighted by molar-refractivity contribution is 0.0951. The molecule has 2 amide bonds. The van der Waals surface area contributed by atoms with Crippen LogP contribution in [0.5, 0.6) is 5.75 Å². The lowest BCUT2D eigenvalue weighted by Crippen LogP contribution is -2.30. The molecular formula is C20H25N3O3. The number of carbonyl (C=O) groups excluding carboxylic acids is 2. The van der Waals surface area contributed by atoms with Crippen molar-refractivity contribution in [3.05, 3.63) is 59.4 Å². The van der Waals surface area contributed by atoms with E-state index in [0.29, 0.717) is 43.0 Å². The van der Waals surface area contributed by atoms with Gasteiger partial charge in [0.25, 0.3) is 11.8 Å². The Kier molecular flexibility index (Phi) is 7.61. The van der Waals surface area contributed by atoms with Crippen LogP contribution in [0.15, 0.2) is 42.6 Å². The zero-order valence-electron chi connectivity index (χ0n) is 15.2. The summed E-state index contributed by atoms with van der Waals surface area (Å²) in [5.41, 5.74) is 1.96. The van der Waals surface area contributed by atoms with E-state index in [2.05, 4.69) is 15.6 Å². The van der Waals surface area contributed by atoms with Gasteiger partial charge >= 0.3 is 0 Å². The predicted octanol–water partition coefficient (Wildman–Crippen LogP) is 2.73. The van der Waals surface area contributed by atoms with E-state index in [1.54, 1.807) is 36.5 Å². The highest BCUT2D eigenvalue weighted by Crippen LogP contribution is 2.13. The van der Waals surface area contributed by atoms with Crippen LogP contribution in [0, 0.1) is 6.92 Å². The van der Waals surface area contributed by atoms with E-state index in [1.807, 2.05) is 19.9 Å². The Morgan fingerprint density at radius 1 is 1.04 bits per heavy atom. The monoisotopic (exact) mass is 355 g/mol. The fourth-order valence-electron chi connectivity index (χ4n) is 2.25. The number of hydrogen-bond donors (Lipinski definition) is 2. The summed E-state index contributed by atoms with van der Waals surface area (Å²) >= 11 is 0. The molecular weight excluding hydrogens is 330 g/mol. The average Bonchev–Trinajstić information content (AvgIpc) is 2.66. The Hall–Kier alpha value is -2.89. The van der Waals surface area contributed by atoms with Gasteiger partial charge in [-0.2, -0.15) is 0 Å². The van der Waals surface area contributed by atoms with E-state index >= 15 is 0 Å². The largest absolute Gasteiger partial charge is 0.494 e. The first-order valence-corrected chi connectivity index (χ1v) is 8.82. The lowest BCUT2D eigenvalue weighted by atomic mass is 10.2. The third kappa shape index (κ3) is 6.20. The molecule has 0 aliphatic rings. The Morgan fingerprint density at radius 2 is 1.77 bits per heavy atom. The molecule has 6 nitrogen and oxygen atoms in total. The first-order chi connectivity index (χ1) is 12.6. The smallest absolute Gasteiger partial charge is 0.252 e. The molecule has 0 saturated heterocycles. The summed E-state index contributed by atoms with van der Waals surface area (Å²) in [6.07, 6.45) is 3.11. The molecule has 6 heteroatoms. The summed E-state index contributed by atoms with van der Waals surface area (Å²) < 4.78 is 5.53. The zero-order valence-corrected chi connectivity index (χ0v) is 15.2. The maximum Gasteiger partial charge on any atom is 0.252 e. The van der Waals surface area contributed by atoms with Crippen LogP contribution in [-0.2, 0) is 0 Å². The van der Waals surface area contributed by atoms with E-state index < -0.39 is 0 Å². The molecule has 0 bridgehead atoms. The van der Waals surface area contributed by atoms with Crippen LogP contribution in [0.25, 0.3) is 0 Å². The van der Waals surface area contributed by atoms with Crippen molar-refractivity contribution in [3.8, 4) is 5.75 Å². The minimum Gasteiger partial charge on any atom is -0.494 e. The Labute approximate surface area is 154 Å². The maximum absolute atomic E-state index is 12.2. The number of ether oxygens (including phenoxy) is 1. The van der Waals surface area contributed by atoms with Crippen LogP contribution in [0.4, 0.5) is 0 Å². The van der Waals surface area contributed by atoms with Crippen molar-refractivity contribution in [1.82, 2.24) is 15.6 Å². The second-order valence-corrected chi connectivity index (χ2v) is 5.93. The Morgan fingerprint density at radius 3 is 2.42 bits per heavy atom. The van der Waals surface area contributed by atoms with Crippen LogP contribution < -0.4 is 15.4 Å². The highest BCUT2D eigenvalue weighted by atomic mass is 16.5. The Bertz CT molecular complexity index is 729. The average molecular weight is 355 g/mol. The maximum atomic E-state index is 12.2. The lowest BCUT2D eigenvalue weighted by Gasteiger charge is -2.09. The molecule has 1 aromatic carbocycles. The first kappa shape index (κ1) is 19.4. The fourth-order valence-corrected chi connectivity index (χ4v) is 2.25. The van der Waals surface area contributed by atoms with Crippen LogP contribution in [0.3, 0.4) is 0 Å². The van der Waals surface area contributed by atoms with Crippen molar-refractivity contribution in [2.75, 3.05) is 19.7 Å². The van der Waals surface area contributed by atoms with Crippen LogP contribution in [0.2, 0.25) is 0 Å². The molecule has 0 aliphatic carbocycles. The predicted molar refractivity (Wildman–Crippen MR) is 100 cm³/mol. The van der Waals surface area contributed by atoms with E-state index in [4.69, 9.17) is 4.74 Å². The second kappa shape index (κ2) is 10.2. The van der Waals surface area contributed by atoms with E-state index in [-0.39, 0.29) is 11.8 Å². The van der Waals surface area contributed by atoms with E-state index in [9.17, 15) is 9.59 Å². The molecule has 0 spiro atoms. The van der Waals surface area contributed by atoms with Gasteiger partial charge < -0.3 is 15.4 Å². The summed E-state index contributed by atoms with van der Waals surface area (Å²) in [7, 11) is 0. The van der Waals surface area contributed by atoms with Crippen LogP contribution in [-0.4, -0.2) is 36.5 Å². The Balaban J connectivity index is 1.70. The molecule has 0 unspecified atom stereocenters. The molecule has 2 rings (SSSR count). The highest BCUT2D eigenvalue weighted by Gasteiger charge is 2.07. The van der Waals surface area contributed by atoms with Gasteiger partial charge in [0.15, 0.2) is 0 Å². The number of amides is 2. The molecule has 0 saturated carbocycles. The summed E-state index contributed by atoms with van der Waals surface area (Å²) in [4.78, 5) is 28.2. The SMILES string of the molecule is CCCOc1cccc(C(=O)NCCCNC(=O)c2ccc(C)nc2)c1. The van der Waals surface area contributed by atoms with Gasteiger partial charge in [0, 0.05) is 30.5 Å². The number of nitrogens with one attached hydrogen (secondary N) is 2. The van der Waals surface area contributed by atoms with Crippen molar-refractivity contribution in [1.29, 1.82) is 0 Å². The van der Waals surface area contributed by atoms with Gasteiger partial charge in [0.2, 0.25) is 0 Å². The molecule has 1 heterocycles. The number of rotatable bonds is 9. The number of hydrogen-bond acceptors (Lipinski definition) is 4. The topological polar surface area (TPSA) is 80.3 Å². The van der Waals surface area contributed by atoms with Gasteiger partial charge in [0.05, 0.1) is 12.2 Å². The number of aromatic nitrogens is 1. The number of carbonyl (C=O) groups is 2. The van der Waals surface area contributed by atoms with E-state index in [0.717, 1.165) is 12.1 Å². The van der Waals surface area contributed by atoms with Crippen molar-refractivity contribution in [3.63, 3.8) is 0 Å². The van der Waals surface area contributed by atoms with Crippen molar-refractivity contribution in [2.45, 2.75) is 26.7 Å². The third-order valence-corrected chi connectivity index (χ3v) is 3.67. The van der Waals surface area contributed by atoms with Crippen LogP contribution >= 0.6 is 0 Å². The molecule has 2 aromatic rings. The summed E-state index contributed by atoms with van der Waals surface area (Å²) in [5, 5.41) is 5.66. The standard InChI is InChI=1S/C20H25N3O3/c1-3-12-26-18-7-4-6-16(13-18)19(24)21-10-5-11-22-20(25)17-9-8-15(2)23-14-17/h4,6-9,13-14H,3,5,10-12H2,1-2H3,(H,21,24)(H,22,25). The number of aryl methyl sites for hydroxylation is 1. The molecule has 0 aliphatic heterocycles. The van der Waals surface area contributed by atoms with Crippen molar-refractivity contribution >= 4 is 11.8 Å². The third-order valence-electron chi connectivity index (χ3n) is 3.67. The molecule has 0 radical (unpaired) electrons. The normalized spacial score (nSPS) is 10.2. The molecule has 138 valence electrons. The fraction of sp³-hybridized carbons (Fsp3) is 0.350. The van der Waals surface area contributed by atoms with E-state index in [1.165, 1.54) is 0 Å². The minimum atomic E-state index is -0.162. The number of benzene rings is 1. The van der Waals surface area contributed by atoms with Gasteiger partial charge in [-0.05, 0) is 50.1 Å². The van der Waals surface area contributed by atoms with Crippen molar-refractivity contribution < 1.29 is 14.3 Å². The molecule has 1 aromatic heterocycles. The second-order valence-electron chi connectivity index (χ2n) is 5.93. The highest BCUT2D eigenvalue weighted by molar-refractivity contribution is 5.94. The van der Waals surface area contributed by atoms with Gasteiger partial charge in [-0.25, -0.2) is 0 Å².